The monoisotopic (exact) mass is 187 g/mol. The largest absolute Gasteiger partial charge is 0.394 e. The maximum Gasteiger partial charge on any atom is 0.394 e. The first-order valence-corrected chi connectivity index (χ1v) is 2.10. The molecule has 0 atom stereocenters. The molecule has 0 aromatic rings. The zero-order valence-electron chi connectivity index (χ0n) is 3.00. The van der Waals surface area contributed by atoms with Gasteiger partial charge in [-0.05, 0) is 0 Å². The third-order valence-electron chi connectivity index (χ3n) is 0. The molecule has 7 heavy (non-hydrogen) atoms. The summed E-state index contributed by atoms with van der Waals surface area (Å²) in [7, 11) is -4.67. The fraction of sp³-hybridized carbons (Fsp3) is 0. The molecule has 0 amide bonds. The summed E-state index contributed by atoms with van der Waals surface area (Å²) >= 11 is 0. The van der Waals surface area contributed by atoms with Crippen molar-refractivity contribution in [3.05, 3.63) is 0 Å². The molecule has 0 spiro atoms. The minimum atomic E-state index is -4.67. The van der Waals surface area contributed by atoms with E-state index in [1.165, 1.54) is 0 Å². The van der Waals surface area contributed by atoms with E-state index in [0.717, 1.165) is 0 Å². The van der Waals surface area contributed by atoms with Crippen LogP contribution in [0.1, 0.15) is 0 Å². The minimum absolute atomic E-state index is 0. The van der Waals surface area contributed by atoms with Crippen LogP contribution in [0.2, 0.25) is 0 Å². The summed E-state index contributed by atoms with van der Waals surface area (Å²) in [6.07, 6.45) is 0. The van der Waals surface area contributed by atoms with E-state index in [1.807, 2.05) is 0 Å². The van der Waals surface area contributed by atoms with Crippen LogP contribution in [0.3, 0.4) is 0 Å². The Morgan fingerprint density at radius 1 is 1.14 bits per heavy atom. The summed E-state index contributed by atoms with van der Waals surface area (Å²) in [6.45, 7) is 0. The van der Waals surface area contributed by atoms with Gasteiger partial charge in [0.1, 0.15) is 0 Å². The molecule has 0 unspecified atom stereocenters. The molecule has 0 aromatic carbocycles. The third-order valence-corrected chi connectivity index (χ3v) is 0. The minimum Gasteiger partial charge on any atom is -0.264 e. The molecule has 0 aliphatic rings. The van der Waals surface area contributed by atoms with Crippen LogP contribution in [0.25, 0.3) is 0 Å². The van der Waals surface area contributed by atoms with Crippen LogP contribution in [-0.4, -0.2) is 17.5 Å². The van der Waals surface area contributed by atoms with E-state index in [2.05, 4.69) is 0 Å². The molecule has 0 saturated carbocycles. The summed E-state index contributed by atoms with van der Waals surface area (Å²) in [4.78, 5) is 0. The molecule has 0 rings (SSSR count). The van der Waals surface area contributed by atoms with Crippen molar-refractivity contribution in [2.24, 2.45) is 0 Å². The number of rotatable bonds is 0. The van der Waals surface area contributed by atoms with E-state index < -0.39 is 10.4 Å². The Morgan fingerprint density at radius 3 is 1.14 bits per heavy atom. The first kappa shape index (κ1) is 15.6. The Kier molecular flexibility index (Phi) is 10.9. The molecule has 0 aliphatic carbocycles. The topological polar surface area (TPSA) is 74.6 Å². The Balaban J connectivity index is -0.0000000800. The second kappa shape index (κ2) is 4.89. The predicted octanol–water partition coefficient (Wildman–Crippen LogP) is -0.542. The molecule has 0 fully saturated rings. The van der Waals surface area contributed by atoms with Gasteiger partial charge in [-0.2, -0.15) is 21.9 Å². The van der Waals surface area contributed by atoms with Crippen molar-refractivity contribution < 1.29 is 34.6 Å². The molecule has 0 saturated heterocycles. The summed E-state index contributed by atoms with van der Waals surface area (Å²) < 4.78 is 31.6. The van der Waals surface area contributed by atoms with E-state index >= 15 is 0 Å². The fourth-order valence-electron chi connectivity index (χ4n) is 0. The summed E-state index contributed by atoms with van der Waals surface area (Å²) in [5, 5.41) is 0. The van der Waals surface area contributed by atoms with Crippen LogP contribution in [0.4, 0.5) is 0 Å². The Bertz CT molecular complexity index is 92.9. The van der Waals surface area contributed by atoms with Crippen molar-refractivity contribution >= 4 is 23.9 Å². The molecule has 7 heteroatoms. The van der Waals surface area contributed by atoms with Crippen molar-refractivity contribution in [3.8, 4) is 0 Å². The molecule has 0 bridgehead atoms. The summed E-state index contributed by atoms with van der Waals surface area (Å²) in [5.41, 5.74) is 0. The van der Waals surface area contributed by atoms with Gasteiger partial charge in [0.2, 0.25) is 0 Å². The summed E-state index contributed by atoms with van der Waals surface area (Å²) in [6, 6.07) is 0. The van der Waals surface area contributed by atoms with E-state index in [-0.39, 0.29) is 30.6 Å². The smallest absolute Gasteiger partial charge is 0.264 e. The molecular formula is H4MnO4S2. The van der Waals surface area contributed by atoms with Crippen LogP contribution in [0.5, 0.6) is 0 Å². The quantitative estimate of drug-likeness (QED) is 0.394. The molecule has 2 N–H and O–H groups in total. The van der Waals surface area contributed by atoms with Gasteiger partial charge >= 0.3 is 10.4 Å². The summed E-state index contributed by atoms with van der Waals surface area (Å²) in [5.74, 6) is 0. The van der Waals surface area contributed by atoms with Gasteiger partial charge in [0.05, 0.1) is 0 Å². The zero-order chi connectivity index (χ0) is 4.50. The van der Waals surface area contributed by atoms with Crippen molar-refractivity contribution in [2.45, 2.75) is 0 Å². The maximum atomic E-state index is 8.74. The van der Waals surface area contributed by atoms with E-state index in [0.29, 0.717) is 0 Å². The standard InChI is InChI=1S/Mn.H2O4S.H2S/c;1-5(2,3)4;/h;(H2,1,2,3,4);1H2. The van der Waals surface area contributed by atoms with Gasteiger partial charge in [0.25, 0.3) is 0 Å². The maximum absolute atomic E-state index is 8.74. The van der Waals surface area contributed by atoms with Crippen molar-refractivity contribution in [1.82, 2.24) is 0 Å². The second-order valence-electron chi connectivity index (χ2n) is 0.448. The van der Waals surface area contributed by atoms with E-state index in [9.17, 15) is 0 Å². The van der Waals surface area contributed by atoms with Crippen molar-refractivity contribution in [2.75, 3.05) is 0 Å². The van der Waals surface area contributed by atoms with Gasteiger partial charge in [0.15, 0.2) is 0 Å². The van der Waals surface area contributed by atoms with Crippen LogP contribution in [-0.2, 0) is 27.5 Å². The second-order valence-corrected chi connectivity index (χ2v) is 1.34. The van der Waals surface area contributed by atoms with Crippen LogP contribution < -0.4 is 0 Å². The molecule has 47 valence electrons. The number of hydrogen-bond acceptors (Lipinski definition) is 2. The average Bonchev–Trinajstić information content (AvgIpc) is 0.722. The molecule has 0 aliphatic heterocycles. The fourth-order valence-corrected chi connectivity index (χ4v) is 0. The van der Waals surface area contributed by atoms with Gasteiger partial charge in [-0.3, -0.25) is 9.11 Å². The van der Waals surface area contributed by atoms with Crippen LogP contribution >= 0.6 is 13.5 Å². The first-order valence-electron chi connectivity index (χ1n) is 0.698. The normalized spacial score (nSPS) is 8.29. The molecule has 0 heterocycles. The molecule has 4 nitrogen and oxygen atoms in total. The Hall–Kier alpha value is 0.739. The first-order chi connectivity index (χ1) is 2.00. The van der Waals surface area contributed by atoms with Crippen molar-refractivity contribution in [1.29, 1.82) is 0 Å². The third kappa shape index (κ3) is 277. The van der Waals surface area contributed by atoms with E-state index in [1.54, 1.807) is 0 Å². The van der Waals surface area contributed by atoms with Gasteiger partial charge < -0.3 is 0 Å². The van der Waals surface area contributed by atoms with E-state index in [4.69, 9.17) is 17.5 Å². The molecular weight excluding hydrogens is 183 g/mol. The Labute approximate surface area is 58.8 Å². The van der Waals surface area contributed by atoms with Gasteiger partial charge in [-0.25, -0.2) is 0 Å². The van der Waals surface area contributed by atoms with Crippen LogP contribution in [0, 0.1) is 0 Å². The SMILES string of the molecule is O=S(=O)(O)O.S.[Mn]. The molecule has 0 aromatic heterocycles. The average molecular weight is 187 g/mol. The Morgan fingerprint density at radius 2 is 1.14 bits per heavy atom. The van der Waals surface area contributed by atoms with Crippen LogP contribution in [0.15, 0.2) is 0 Å². The van der Waals surface area contributed by atoms with Gasteiger partial charge in [0, 0.05) is 17.1 Å². The number of hydrogen-bond donors (Lipinski definition) is 2. The molecule has 1 radical (unpaired) electrons. The predicted molar refractivity (Wildman–Crippen MR) is 24.6 cm³/mol. The van der Waals surface area contributed by atoms with Crippen molar-refractivity contribution in [3.63, 3.8) is 0 Å². The zero-order valence-corrected chi connectivity index (χ0v) is 5.99. The van der Waals surface area contributed by atoms with Gasteiger partial charge in [-0.1, -0.05) is 0 Å². The van der Waals surface area contributed by atoms with Gasteiger partial charge in [-0.15, -0.1) is 0 Å².